The highest BCUT2D eigenvalue weighted by atomic mass is 16.2. The van der Waals surface area contributed by atoms with Crippen molar-refractivity contribution in [3.63, 3.8) is 0 Å². The van der Waals surface area contributed by atoms with Crippen molar-refractivity contribution in [1.29, 1.82) is 0 Å². The summed E-state index contributed by atoms with van der Waals surface area (Å²) in [6.07, 6.45) is 3.47. The van der Waals surface area contributed by atoms with Crippen LogP contribution in [0, 0.1) is 6.92 Å². The normalized spacial score (nSPS) is 10.1. The summed E-state index contributed by atoms with van der Waals surface area (Å²) in [6, 6.07) is 11.6. The minimum Gasteiger partial charge on any atom is -0.334 e. The van der Waals surface area contributed by atoms with Gasteiger partial charge in [-0.25, -0.2) is 4.79 Å². The molecule has 1 aromatic heterocycles. The fourth-order valence-electron chi connectivity index (χ4n) is 2.02. The Hall–Kier alpha value is -2.36. The lowest BCUT2D eigenvalue weighted by Gasteiger charge is -2.22. The van der Waals surface area contributed by atoms with E-state index < -0.39 is 0 Å². The molecule has 1 aromatic carbocycles. The SMILES string of the molecule is CCN(C(=O)NCc1cccnc1)c1cccc(C)c1. The molecule has 0 atom stereocenters. The first kappa shape index (κ1) is 14.1. The van der Waals surface area contributed by atoms with E-state index in [4.69, 9.17) is 0 Å². The average molecular weight is 269 g/mol. The number of nitrogens with zero attached hydrogens (tertiary/aromatic N) is 2. The van der Waals surface area contributed by atoms with Gasteiger partial charge in [-0.1, -0.05) is 18.2 Å². The van der Waals surface area contributed by atoms with E-state index in [0.29, 0.717) is 13.1 Å². The fourth-order valence-corrected chi connectivity index (χ4v) is 2.02. The summed E-state index contributed by atoms with van der Waals surface area (Å²) in [5.41, 5.74) is 3.04. The first-order chi connectivity index (χ1) is 9.70. The highest BCUT2D eigenvalue weighted by Gasteiger charge is 2.13. The Kier molecular flexibility index (Phi) is 4.71. The van der Waals surface area contributed by atoms with Crippen LogP contribution in [0.15, 0.2) is 48.8 Å². The maximum absolute atomic E-state index is 12.3. The Morgan fingerprint density at radius 1 is 1.30 bits per heavy atom. The number of benzene rings is 1. The molecule has 2 amide bonds. The van der Waals surface area contributed by atoms with Crippen molar-refractivity contribution in [2.75, 3.05) is 11.4 Å². The van der Waals surface area contributed by atoms with E-state index in [2.05, 4.69) is 10.3 Å². The van der Waals surface area contributed by atoms with E-state index in [-0.39, 0.29) is 6.03 Å². The topological polar surface area (TPSA) is 45.2 Å². The van der Waals surface area contributed by atoms with E-state index in [9.17, 15) is 4.79 Å². The summed E-state index contributed by atoms with van der Waals surface area (Å²) in [5.74, 6) is 0. The summed E-state index contributed by atoms with van der Waals surface area (Å²) < 4.78 is 0. The van der Waals surface area contributed by atoms with Crippen molar-refractivity contribution in [1.82, 2.24) is 10.3 Å². The van der Waals surface area contributed by atoms with Crippen LogP contribution in [0.25, 0.3) is 0 Å². The highest BCUT2D eigenvalue weighted by Crippen LogP contribution is 2.15. The molecule has 0 unspecified atom stereocenters. The number of aromatic nitrogens is 1. The number of amides is 2. The Morgan fingerprint density at radius 2 is 2.15 bits per heavy atom. The van der Waals surface area contributed by atoms with E-state index >= 15 is 0 Å². The van der Waals surface area contributed by atoms with Gasteiger partial charge < -0.3 is 5.32 Å². The van der Waals surface area contributed by atoms with Gasteiger partial charge in [-0.05, 0) is 43.2 Å². The molecule has 20 heavy (non-hydrogen) atoms. The summed E-state index contributed by atoms with van der Waals surface area (Å²) in [7, 11) is 0. The number of rotatable bonds is 4. The third-order valence-electron chi connectivity index (χ3n) is 3.04. The minimum absolute atomic E-state index is 0.0954. The lowest BCUT2D eigenvalue weighted by Crippen LogP contribution is -2.39. The van der Waals surface area contributed by atoms with Crippen LogP contribution in [0.5, 0.6) is 0 Å². The highest BCUT2D eigenvalue weighted by molar-refractivity contribution is 5.91. The zero-order valence-corrected chi connectivity index (χ0v) is 11.8. The second-order valence-electron chi connectivity index (χ2n) is 4.60. The maximum Gasteiger partial charge on any atom is 0.322 e. The monoisotopic (exact) mass is 269 g/mol. The Labute approximate surface area is 119 Å². The molecule has 0 spiro atoms. The number of carbonyl (C=O) groups excluding carboxylic acids is 1. The number of nitrogens with one attached hydrogen (secondary N) is 1. The lowest BCUT2D eigenvalue weighted by atomic mass is 10.2. The number of aryl methyl sites for hydroxylation is 1. The predicted molar refractivity (Wildman–Crippen MR) is 80.7 cm³/mol. The number of hydrogen-bond donors (Lipinski definition) is 1. The molecule has 0 fully saturated rings. The summed E-state index contributed by atoms with van der Waals surface area (Å²) >= 11 is 0. The fraction of sp³-hybridized carbons (Fsp3) is 0.250. The van der Waals surface area contributed by atoms with Crippen molar-refractivity contribution in [2.24, 2.45) is 0 Å². The third kappa shape index (κ3) is 3.57. The van der Waals surface area contributed by atoms with E-state index in [1.54, 1.807) is 17.3 Å². The quantitative estimate of drug-likeness (QED) is 0.926. The van der Waals surface area contributed by atoms with E-state index in [0.717, 1.165) is 16.8 Å². The van der Waals surface area contributed by atoms with Gasteiger partial charge in [0, 0.05) is 31.2 Å². The first-order valence-corrected chi connectivity index (χ1v) is 6.71. The molecule has 4 nitrogen and oxygen atoms in total. The number of pyridine rings is 1. The number of anilines is 1. The van der Waals surface area contributed by atoms with Crippen LogP contribution in [0.2, 0.25) is 0 Å². The van der Waals surface area contributed by atoms with Gasteiger partial charge in [0.1, 0.15) is 0 Å². The molecule has 2 aromatic rings. The molecule has 0 aliphatic rings. The van der Waals surface area contributed by atoms with Gasteiger partial charge in [0.05, 0.1) is 0 Å². The van der Waals surface area contributed by atoms with Crippen molar-refractivity contribution in [3.8, 4) is 0 Å². The van der Waals surface area contributed by atoms with Gasteiger partial charge in [0.2, 0.25) is 0 Å². The summed E-state index contributed by atoms with van der Waals surface area (Å²) in [6.45, 7) is 5.09. The van der Waals surface area contributed by atoms with Crippen LogP contribution in [0.1, 0.15) is 18.1 Å². The largest absolute Gasteiger partial charge is 0.334 e. The molecule has 4 heteroatoms. The van der Waals surface area contributed by atoms with Crippen LogP contribution in [0.4, 0.5) is 10.5 Å². The van der Waals surface area contributed by atoms with Crippen LogP contribution in [-0.4, -0.2) is 17.6 Å². The van der Waals surface area contributed by atoms with Crippen LogP contribution < -0.4 is 10.2 Å². The Bertz CT molecular complexity index is 569. The van der Waals surface area contributed by atoms with Crippen molar-refractivity contribution < 1.29 is 4.79 Å². The smallest absolute Gasteiger partial charge is 0.322 e. The van der Waals surface area contributed by atoms with Gasteiger partial charge in [0.15, 0.2) is 0 Å². The van der Waals surface area contributed by atoms with Crippen molar-refractivity contribution >= 4 is 11.7 Å². The maximum atomic E-state index is 12.3. The van der Waals surface area contributed by atoms with Gasteiger partial charge in [0.25, 0.3) is 0 Å². The van der Waals surface area contributed by atoms with Gasteiger partial charge >= 0.3 is 6.03 Å². The molecule has 1 heterocycles. The number of hydrogen-bond acceptors (Lipinski definition) is 2. The number of urea groups is 1. The van der Waals surface area contributed by atoms with Crippen LogP contribution >= 0.6 is 0 Å². The average Bonchev–Trinajstić information content (AvgIpc) is 2.47. The molecule has 0 radical (unpaired) electrons. The zero-order chi connectivity index (χ0) is 14.4. The summed E-state index contributed by atoms with van der Waals surface area (Å²) in [5, 5.41) is 2.91. The number of carbonyl (C=O) groups is 1. The van der Waals surface area contributed by atoms with E-state index in [1.165, 1.54) is 0 Å². The zero-order valence-electron chi connectivity index (χ0n) is 11.8. The molecule has 0 aliphatic heterocycles. The second-order valence-corrected chi connectivity index (χ2v) is 4.60. The summed E-state index contributed by atoms with van der Waals surface area (Å²) in [4.78, 5) is 18.0. The lowest BCUT2D eigenvalue weighted by molar-refractivity contribution is 0.246. The molecule has 104 valence electrons. The standard InChI is InChI=1S/C16H19N3O/c1-3-19(15-8-4-6-13(2)10-15)16(20)18-12-14-7-5-9-17-11-14/h4-11H,3,12H2,1-2H3,(H,18,20). The predicted octanol–water partition coefficient (Wildman–Crippen LogP) is 3.13. The van der Waals surface area contributed by atoms with Crippen LogP contribution in [-0.2, 0) is 6.54 Å². The Balaban J connectivity index is 2.02. The van der Waals surface area contributed by atoms with Gasteiger partial charge in [-0.2, -0.15) is 0 Å². The van der Waals surface area contributed by atoms with E-state index in [1.807, 2.05) is 50.2 Å². The van der Waals surface area contributed by atoms with Crippen LogP contribution in [0.3, 0.4) is 0 Å². The first-order valence-electron chi connectivity index (χ1n) is 6.71. The molecule has 1 N–H and O–H groups in total. The molecular formula is C16H19N3O. The molecule has 2 rings (SSSR count). The Morgan fingerprint density at radius 3 is 2.80 bits per heavy atom. The van der Waals surface area contributed by atoms with Gasteiger partial charge in [-0.15, -0.1) is 0 Å². The molecule has 0 saturated heterocycles. The molecule has 0 bridgehead atoms. The molecule has 0 aliphatic carbocycles. The minimum atomic E-state index is -0.0954. The second kappa shape index (κ2) is 6.70. The van der Waals surface area contributed by atoms with Gasteiger partial charge in [-0.3, -0.25) is 9.88 Å². The molecular weight excluding hydrogens is 250 g/mol. The third-order valence-corrected chi connectivity index (χ3v) is 3.04. The molecule has 0 saturated carbocycles. The van der Waals surface area contributed by atoms with Crippen molar-refractivity contribution in [3.05, 3.63) is 59.9 Å². The van der Waals surface area contributed by atoms with Crippen molar-refractivity contribution in [2.45, 2.75) is 20.4 Å².